The second-order valence-electron chi connectivity index (χ2n) is 5.32. The molecule has 3 rings (SSSR count). The number of halogens is 1. The van der Waals surface area contributed by atoms with Crippen LogP contribution in [0.5, 0.6) is 5.75 Å². The normalized spacial score (nSPS) is 11.2. The summed E-state index contributed by atoms with van der Waals surface area (Å²) in [6, 6.07) is 12.0. The van der Waals surface area contributed by atoms with Gasteiger partial charge in [0.25, 0.3) is 0 Å². The van der Waals surface area contributed by atoms with Crippen LogP contribution in [-0.4, -0.2) is 33.4 Å². The van der Waals surface area contributed by atoms with Gasteiger partial charge in [0.15, 0.2) is 0 Å². The summed E-state index contributed by atoms with van der Waals surface area (Å²) in [7, 11) is 3.71. The second kappa shape index (κ2) is 7.60. The van der Waals surface area contributed by atoms with E-state index in [4.69, 9.17) is 17.0 Å². The number of nitrogens with zero attached hydrogens (tertiary/aromatic N) is 4. The van der Waals surface area contributed by atoms with Gasteiger partial charge < -0.3 is 4.74 Å². The van der Waals surface area contributed by atoms with E-state index in [1.807, 2.05) is 33.5 Å². The largest absolute Gasteiger partial charge is 0.495 e. The van der Waals surface area contributed by atoms with Crippen LogP contribution in [0.4, 0.5) is 0 Å². The maximum Gasteiger partial charge on any atom is 0.203 e. The third kappa shape index (κ3) is 3.77. The third-order valence-corrected chi connectivity index (χ3v) is 5.52. The monoisotopic (exact) mass is 424 g/mol. The van der Waals surface area contributed by atoms with Gasteiger partial charge in [-0.2, -0.15) is 5.10 Å². The van der Waals surface area contributed by atoms with Gasteiger partial charge in [-0.15, -0.1) is 11.3 Å². The van der Waals surface area contributed by atoms with Crippen molar-refractivity contribution >= 4 is 39.5 Å². The number of rotatable bonds is 6. The molecule has 0 aliphatic heterocycles. The van der Waals surface area contributed by atoms with Gasteiger partial charge in [-0.25, -0.2) is 4.68 Å². The summed E-state index contributed by atoms with van der Waals surface area (Å²) in [6.45, 7) is 1.47. The topological polar surface area (TPSA) is 35.2 Å². The molecule has 0 spiro atoms. The summed E-state index contributed by atoms with van der Waals surface area (Å²) in [5, 5.41) is 4.43. The lowest BCUT2D eigenvalue weighted by molar-refractivity contribution is 0.246. The highest BCUT2D eigenvalue weighted by atomic mass is 79.9. The van der Waals surface area contributed by atoms with Crippen LogP contribution in [0.3, 0.4) is 0 Å². The van der Waals surface area contributed by atoms with Gasteiger partial charge >= 0.3 is 0 Å². The van der Waals surface area contributed by atoms with Gasteiger partial charge in [-0.05, 0) is 59.5 Å². The van der Waals surface area contributed by atoms with E-state index in [1.54, 1.807) is 24.8 Å². The van der Waals surface area contributed by atoms with E-state index in [-0.39, 0.29) is 0 Å². The quantitative estimate of drug-likeness (QED) is 0.551. The summed E-state index contributed by atoms with van der Waals surface area (Å²) in [5.74, 6) is 0.768. The number of thiophene rings is 1. The predicted octanol–water partition coefficient (Wildman–Crippen LogP) is 4.33. The number of hydrogen-bond donors (Lipinski definition) is 0. The fourth-order valence-electron chi connectivity index (χ4n) is 2.41. The van der Waals surface area contributed by atoms with Gasteiger partial charge in [0.1, 0.15) is 12.1 Å². The van der Waals surface area contributed by atoms with E-state index >= 15 is 0 Å². The fourth-order valence-corrected chi connectivity index (χ4v) is 4.22. The van der Waals surface area contributed by atoms with Gasteiger partial charge in [-0.3, -0.25) is 9.47 Å². The molecule has 0 amide bonds. The molecule has 0 aliphatic carbocycles. The molecule has 0 fully saturated rings. The summed E-state index contributed by atoms with van der Waals surface area (Å²) in [5.41, 5.74) is 0.890. The summed E-state index contributed by atoms with van der Waals surface area (Å²) in [6.07, 6.45) is 1.73. The van der Waals surface area contributed by atoms with Gasteiger partial charge in [0, 0.05) is 11.4 Å². The molecule has 0 N–H and O–H groups in total. The van der Waals surface area contributed by atoms with Crippen LogP contribution in [0, 0.1) is 4.77 Å². The minimum Gasteiger partial charge on any atom is -0.495 e. The number of hydrogen-bond acceptors (Lipinski definition) is 5. The molecule has 5 nitrogen and oxygen atoms in total. The molecule has 0 radical (unpaired) electrons. The Kier molecular flexibility index (Phi) is 5.50. The summed E-state index contributed by atoms with van der Waals surface area (Å²) < 4.78 is 10.9. The number of benzene rings is 1. The molecule has 0 aliphatic rings. The minimum absolute atomic E-state index is 0.622. The van der Waals surface area contributed by atoms with Gasteiger partial charge in [0.05, 0.1) is 23.3 Å². The van der Waals surface area contributed by atoms with Crippen molar-refractivity contribution in [3.05, 3.63) is 56.2 Å². The molecule has 1 aromatic carbocycles. The highest BCUT2D eigenvalue weighted by Crippen LogP contribution is 2.24. The molecule has 2 aromatic heterocycles. The van der Waals surface area contributed by atoms with E-state index in [2.05, 4.69) is 45.1 Å². The Morgan fingerprint density at radius 2 is 2.08 bits per heavy atom. The zero-order valence-electron chi connectivity index (χ0n) is 13.3. The maximum absolute atomic E-state index is 5.58. The molecule has 0 saturated carbocycles. The first-order valence-electron chi connectivity index (χ1n) is 7.29. The van der Waals surface area contributed by atoms with E-state index < -0.39 is 0 Å². The molecule has 2 heterocycles. The highest BCUT2D eigenvalue weighted by Gasteiger charge is 2.10. The molecule has 0 atom stereocenters. The van der Waals surface area contributed by atoms with E-state index in [0.29, 0.717) is 11.4 Å². The fraction of sp³-hybridized carbons (Fsp3) is 0.250. The van der Waals surface area contributed by atoms with Crippen LogP contribution in [0.2, 0.25) is 0 Å². The maximum atomic E-state index is 5.58. The Morgan fingerprint density at radius 1 is 1.29 bits per heavy atom. The van der Waals surface area contributed by atoms with Crippen LogP contribution >= 0.6 is 39.5 Å². The van der Waals surface area contributed by atoms with Crippen molar-refractivity contribution in [3.8, 4) is 11.4 Å². The smallest absolute Gasteiger partial charge is 0.203 e. The van der Waals surface area contributed by atoms with Crippen molar-refractivity contribution in [2.75, 3.05) is 14.2 Å². The van der Waals surface area contributed by atoms with Crippen molar-refractivity contribution in [2.45, 2.75) is 13.2 Å². The van der Waals surface area contributed by atoms with Crippen LogP contribution in [0.15, 0.2) is 46.5 Å². The molecule has 126 valence electrons. The lowest BCUT2D eigenvalue weighted by atomic mass is 10.3. The van der Waals surface area contributed by atoms with E-state index in [1.165, 1.54) is 4.88 Å². The zero-order chi connectivity index (χ0) is 17.1. The molecular formula is C16H17BrN4OS2. The Balaban J connectivity index is 1.79. The van der Waals surface area contributed by atoms with E-state index in [9.17, 15) is 0 Å². The Hall–Kier alpha value is -1.48. The average molecular weight is 425 g/mol. The first-order valence-corrected chi connectivity index (χ1v) is 9.31. The van der Waals surface area contributed by atoms with Crippen molar-refractivity contribution in [3.63, 3.8) is 0 Å². The zero-order valence-corrected chi connectivity index (χ0v) is 16.6. The first kappa shape index (κ1) is 17.3. The lowest BCUT2D eigenvalue weighted by Crippen LogP contribution is -2.22. The standard InChI is InChI=1S/C16H17BrN4OS2/c1-19(9-12-7-8-15(17)24-12)11-21-16(23)20(10-18-21)13-5-3-4-6-14(13)22-2/h3-8,10H,9,11H2,1-2H3. The number of methoxy groups -OCH3 is 1. The van der Waals surface area contributed by atoms with E-state index in [0.717, 1.165) is 21.8 Å². The summed E-state index contributed by atoms with van der Waals surface area (Å²) in [4.78, 5) is 3.47. The SMILES string of the molecule is COc1ccccc1-n1cnn(CN(C)Cc2ccc(Br)s2)c1=S. The molecule has 8 heteroatoms. The molecule has 0 unspecified atom stereocenters. The Morgan fingerprint density at radius 3 is 2.79 bits per heavy atom. The second-order valence-corrected chi connectivity index (χ2v) is 8.23. The molecular weight excluding hydrogens is 408 g/mol. The van der Waals surface area contributed by atoms with Crippen molar-refractivity contribution in [1.29, 1.82) is 0 Å². The first-order chi connectivity index (χ1) is 11.6. The number of aromatic nitrogens is 3. The Labute approximate surface area is 158 Å². The van der Waals surface area contributed by atoms with Crippen LogP contribution in [-0.2, 0) is 13.2 Å². The van der Waals surface area contributed by atoms with Crippen LogP contribution in [0.25, 0.3) is 5.69 Å². The molecule has 24 heavy (non-hydrogen) atoms. The lowest BCUT2D eigenvalue weighted by Gasteiger charge is -2.15. The highest BCUT2D eigenvalue weighted by molar-refractivity contribution is 9.11. The minimum atomic E-state index is 0.622. The van der Waals surface area contributed by atoms with Gasteiger partial charge in [0.2, 0.25) is 4.77 Å². The molecule has 0 bridgehead atoms. The predicted molar refractivity (Wildman–Crippen MR) is 102 cm³/mol. The third-order valence-electron chi connectivity index (χ3n) is 3.51. The summed E-state index contributed by atoms with van der Waals surface area (Å²) >= 11 is 10.8. The van der Waals surface area contributed by atoms with Gasteiger partial charge in [-0.1, -0.05) is 12.1 Å². The Bertz CT molecular complexity index is 886. The van der Waals surface area contributed by atoms with Crippen LogP contribution < -0.4 is 4.74 Å². The van der Waals surface area contributed by atoms with Crippen LogP contribution in [0.1, 0.15) is 4.88 Å². The van der Waals surface area contributed by atoms with Crippen molar-refractivity contribution in [2.24, 2.45) is 0 Å². The number of para-hydroxylation sites is 2. The van der Waals surface area contributed by atoms with Crippen molar-refractivity contribution in [1.82, 2.24) is 19.2 Å². The van der Waals surface area contributed by atoms with Crippen molar-refractivity contribution < 1.29 is 4.74 Å². The molecule has 0 saturated heterocycles. The molecule has 3 aromatic rings. The number of ether oxygens (including phenoxy) is 1. The average Bonchev–Trinajstić information content (AvgIpc) is 3.14.